The average molecular weight is 919 g/mol. The standard InChI is InChI=1S/C41H66N12O12/c1-20(2)15-28(36(61)47-18-30(43)56)50-37(62)27(12-13-32(58)59)49-39(64)33(21(3)4)51-40(65)34(22(5)54)52-38(63)29(16-23-8-10-25(55)11-9-23)53-19-24(17-31(53)57)48-35(60)26(42)7-6-14-46-41(44)45/h8-11,20-22,24,26-29,33-34,54-55H,6-7,12-19,42H2,1-5H3,(H2,43,56)(H,47,61)(H,48,60)(H,49,64)(H,50,62)(H,51,65)(H,52,63)(H,58,59)(H4,44,45,46). The van der Waals surface area contributed by atoms with Crippen LogP contribution in [0.2, 0.25) is 0 Å². The van der Waals surface area contributed by atoms with E-state index in [0.717, 1.165) is 0 Å². The summed E-state index contributed by atoms with van der Waals surface area (Å²) < 4.78 is 0. The number of phenols is 1. The van der Waals surface area contributed by atoms with Crippen LogP contribution in [0.25, 0.3) is 0 Å². The molecule has 8 amide bonds. The van der Waals surface area contributed by atoms with Crippen molar-refractivity contribution in [3.05, 3.63) is 29.8 Å². The summed E-state index contributed by atoms with van der Waals surface area (Å²) in [6.07, 6.45) is -2.15. The van der Waals surface area contributed by atoms with Crippen LogP contribution in [0.4, 0.5) is 0 Å². The number of carboxylic acid groups (broad SMARTS) is 1. The molecule has 362 valence electrons. The van der Waals surface area contributed by atoms with Crippen molar-refractivity contribution in [1.82, 2.24) is 36.8 Å². The van der Waals surface area contributed by atoms with Crippen LogP contribution in [-0.2, 0) is 49.6 Å². The maximum Gasteiger partial charge on any atom is 0.303 e. The second-order valence-electron chi connectivity index (χ2n) is 16.7. The minimum absolute atomic E-state index is 0.0624. The second-order valence-corrected chi connectivity index (χ2v) is 16.7. The minimum atomic E-state index is -1.72. The SMILES string of the molecule is CC(C)CC(NC(=O)C(CCC(=O)O)NC(=O)C(NC(=O)C(NC(=O)C(Cc1ccc(O)cc1)N1CC(NC(=O)C(N)CCCN=C(N)N)CC1=O)C(C)O)C(C)C)C(=O)NCC(N)=O. The summed E-state index contributed by atoms with van der Waals surface area (Å²) >= 11 is 0. The van der Waals surface area contributed by atoms with Crippen LogP contribution >= 0.6 is 0 Å². The lowest BCUT2D eigenvalue weighted by Gasteiger charge is -2.31. The molecule has 2 rings (SSSR count). The summed E-state index contributed by atoms with van der Waals surface area (Å²) in [7, 11) is 0. The Morgan fingerprint density at radius 2 is 1.40 bits per heavy atom. The number of carboxylic acids is 1. The molecular weight excluding hydrogens is 853 g/mol. The average Bonchev–Trinajstić information content (AvgIpc) is 3.58. The van der Waals surface area contributed by atoms with Crippen molar-refractivity contribution in [2.75, 3.05) is 19.6 Å². The lowest BCUT2D eigenvalue weighted by atomic mass is 9.99. The van der Waals surface area contributed by atoms with Gasteiger partial charge in [0.2, 0.25) is 47.3 Å². The van der Waals surface area contributed by atoms with Crippen molar-refractivity contribution in [2.45, 2.75) is 128 Å². The molecule has 1 aromatic carbocycles. The van der Waals surface area contributed by atoms with Crippen LogP contribution in [0.5, 0.6) is 5.75 Å². The number of amides is 8. The van der Waals surface area contributed by atoms with Gasteiger partial charge in [-0.3, -0.25) is 48.1 Å². The highest BCUT2D eigenvalue weighted by Crippen LogP contribution is 2.21. The smallest absolute Gasteiger partial charge is 0.303 e. The fraction of sp³-hybridized carbons (Fsp3) is 0.610. The molecule has 1 aliphatic rings. The zero-order valence-electron chi connectivity index (χ0n) is 37.4. The van der Waals surface area contributed by atoms with E-state index < -0.39 is 127 Å². The molecule has 24 nitrogen and oxygen atoms in total. The molecule has 17 N–H and O–H groups in total. The number of phenolic OH excluding ortho intramolecular Hbond substituents is 1. The number of likely N-dealkylation sites (tertiary alicyclic amines) is 1. The maximum absolute atomic E-state index is 14.2. The molecule has 8 unspecified atom stereocenters. The van der Waals surface area contributed by atoms with E-state index in [1.54, 1.807) is 27.7 Å². The Balaban J connectivity index is 2.32. The number of hydrogen-bond acceptors (Lipinski definition) is 13. The summed E-state index contributed by atoms with van der Waals surface area (Å²) in [5.74, 6) is -8.72. The highest BCUT2D eigenvalue weighted by atomic mass is 16.4. The van der Waals surface area contributed by atoms with Gasteiger partial charge in [0.1, 0.15) is 36.0 Å². The Hall–Kier alpha value is -6.56. The van der Waals surface area contributed by atoms with E-state index in [1.165, 1.54) is 36.1 Å². The van der Waals surface area contributed by atoms with Crippen LogP contribution < -0.4 is 54.8 Å². The van der Waals surface area contributed by atoms with Gasteiger partial charge in [-0.1, -0.05) is 39.8 Å². The predicted octanol–water partition coefficient (Wildman–Crippen LogP) is -4.11. The van der Waals surface area contributed by atoms with Gasteiger partial charge in [0, 0.05) is 32.4 Å². The van der Waals surface area contributed by atoms with Crippen molar-refractivity contribution >= 4 is 59.2 Å². The third-order valence-electron chi connectivity index (χ3n) is 10.2. The quantitative estimate of drug-likeness (QED) is 0.0227. The topological polar surface area (TPSA) is 406 Å². The van der Waals surface area contributed by atoms with Crippen molar-refractivity contribution in [3.63, 3.8) is 0 Å². The Labute approximate surface area is 376 Å². The Bertz CT molecular complexity index is 1870. The number of nitrogens with one attached hydrogen (secondary N) is 6. The van der Waals surface area contributed by atoms with E-state index in [2.05, 4.69) is 36.9 Å². The van der Waals surface area contributed by atoms with E-state index in [9.17, 15) is 58.5 Å². The van der Waals surface area contributed by atoms with Gasteiger partial charge in [-0.2, -0.15) is 0 Å². The van der Waals surface area contributed by atoms with Gasteiger partial charge in [0.15, 0.2) is 5.96 Å². The van der Waals surface area contributed by atoms with Gasteiger partial charge in [0.25, 0.3) is 0 Å². The molecule has 0 aliphatic carbocycles. The fourth-order valence-corrected chi connectivity index (χ4v) is 6.79. The summed E-state index contributed by atoms with van der Waals surface area (Å²) in [6.45, 7) is 7.45. The number of carbonyl (C=O) groups is 9. The number of benzene rings is 1. The highest BCUT2D eigenvalue weighted by Gasteiger charge is 2.41. The number of aliphatic imine (C=N–C) groups is 1. The van der Waals surface area contributed by atoms with Crippen LogP contribution in [0.1, 0.15) is 78.7 Å². The number of carbonyl (C=O) groups excluding carboxylic acids is 8. The van der Waals surface area contributed by atoms with Crippen LogP contribution in [0.3, 0.4) is 0 Å². The molecule has 8 atom stereocenters. The minimum Gasteiger partial charge on any atom is -0.508 e. The molecule has 0 bridgehead atoms. The van der Waals surface area contributed by atoms with Gasteiger partial charge in [-0.25, -0.2) is 0 Å². The number of nitrogens with two attached hydrogens (primary N) is 4. The Morgan fingerprint density at radius 3 is 1.95 bits per heavy atom. The molecule has 1 aromatic rings. The molecule has 65 heavy (non-hydrogen) atoms. The number of nitrogens with zero attached hydrogens (tertiary/aromatic N) is 2. The number of rotatable bonds is 27. The number of guanidine groups is 1. The first-order valence-corrected chi connectivity index (χ1v) is 21.3. The Kier molecular flexibility index (Phi) is 22.1. The number of hydrogen-bond donors (Lipinski definition) is 13. The first-order chi connectivity index (χ1) is 30.4. The number of primary amides is 1. The van der Waals surface area contributed by atoms with E-state index in [1.807, 2.05) is 0 Å². The van der Waals surface area contributed by atoms with Crippen molar-refractivity contribution in [1.29, 1.82) is 0 Å². The van der Waals surface area contributed by atoms with E-state index >= 15 is 0 Å². The normalized spacial score (nSPS) is 16.8. The largest absolute Gasteiger partial charge is 0.508 e. The van der Waals surface area contributed by atoms with Gasteiger partial charge in [0.05, 0.1) is 24.7 Å². The molecular formula is C41H66N12O12. The highest BCUT2D eigenvalue weighted by molar-refractivity contribution is 5.97. The lowest BCUT2D eigenvalue weighted by Crippen LogP contribution is -2.62. The third kappa shape index (κ3) is 19.0. The summed E-state index contributed by atoms with van der Waals surface area (Å²) in [6, 6.07) is -3.09. The van der Waals surface area contributed by atoms with Crippen molar-refractivity contribution in [3.8, 4) is 5.75 Å². The molecule has 1 heterocycles. The monoisotopic (exact) mass is 918 g/mol. The summed E-state index contributed by atoms with van der Waals surface area (Å²) in [5, 5.41) is 45.0. The van der Waals surface area contributed by atoms with E-state index in [-0.39, 0.29) is 56.4 Å². The van der Waals surface area contributed by atoms with Crippen LogP contribution in [0, 0.1) is 11.8 Å². The summed E-state index contributed by atoms with van der Waals surface area (Å²) in [5.41, 5.74) is 22.3. The third-order valence-corrected chi connectivity index (χ3v) is 10.2. The molecule has 0 spiro atoms. The molecule has 0 saturated carbocycles. The fourth-order valence-electron chi connectivity index (χ4n) is 6.79. The zero-order chi connectivity index (χ0) is 49.1. The second kappa shape index (κ2) is 26.3. The molecule has 0 aromatic heterocycles. The van der Waals surface area contributed by atoms with Crippen molar-refractivity contribution in [2.24, 2.45) is 39.8 Å². The maximum atomic E-state index is 14.2. The number of aliphatic hydroxyl groups is 1. The first kappa shape index (κ1) is 54.6. The molecule has 1 saturated heterocycles. The summed E-state index contributed by atoms with van der Waals surface area (Å²) in [4.78, 5) is 122. The van der Waals surface area contributed by atoms with E-state index in [4.69, 9.17) is 22.9 Å². The number of aliphatic hydroxyl groups excluding tert-OH is 1. The van der Waals surface area contributed by atoms with Crippen molar-refractivity contribution < 1.29 is 58.5 Å². The van der Waals surface area contributed by atoms with Gasteiger partial charge >= 0.3 is 5.97 Å². The Morgan fingerprint density at radius 1 is 0.800 bits per heavy atom. The van der Waals surface area contributed by atoms with E-state index in [0.29, 0.717) is 12.0 Å². The van der Waals surface area contributed by atoms with Gasteiger partial charge < -0.3 is 75.1 Å². The van der Waals surface area contributed by atoms with Gasteiger partial charge in [-0.15, -0.1) is 0 Å². The molecule has 0 radical (unpaired) electrons. The van der Waals surface area contributed by atoms with Gasteiger partial charge in [-0.05, 0) is 62.1 Å². The molecule has 1 fully saturated rings. The molecule has 1 aliphatic heterocycles. The van der Waals surface area contributed by atoms with Crippen LogP contribution in [0.15, 0.2) is 29.3 Å². The lowest BCUT2D eigenvalue weighted by molar-refractivity contribution is -0.140. The van der Waals surface area contributed by atoms with Crippen LogP contribution in [-0.4, -0.2) is 147 Å². The molecule has 24 heteroatoms. The predicted molar refractivity (Wildman–Crippen MR) is 235 cm³/mol. The zero-order valence-corrected chi connectivity index (χ0v) is 37.4. The first-order valence-electron chi connectivity index (χ1n) is 21.3. The number of aliphatic carboxylic acids is 1. The number of aromatic hydroxyl groups is 1.